The second-order valence-corrected chi connectivity index (χ2v) is 4.98. The summed E-state index contributed by atoms with van der Waals surface area (Å²) in [5.74, 6) is -0.216. The number of hydrogen-bond acceptors (Lipinski definition) is 2. The fraction of sp³-hybridized carbons (Fsp3) is 0.333. The average molecular weight is 223 g/mol. The highest BCUT2D eigenvalue weighted by Gasteiger charge is 2.12. The molecule has 0 heterocycles. The van der Waals surface area contributed by atoms with E-state index in [1.54, 1.807) is 17.8 Å². The van der Waals surface area contributed by atoms with Crippen molar-refractivity contribution in [2.45, 2.75) is 29.4 Å². The minimum atomic E-state index is -0.216. The Morgan fingerprint density at radius 2 is 2.27 bits per heavy atom. The van der Waals surface area contributed by atoms with Gasteiger partial charge in [0.1, 0.15) is 5.82 Å². The SMILES string of the molecule is Nc1ccc(F)cc1SC1C=CCCC1. The normalized spacial score (nSPS) is 20.5. The highest BCUT2D eigenvalue weighted by molar-refractivity contribution is 8.00. The molecule has 0 bridgehead atoms. The Labute approximate surface area is 93.6 Å². The number of allylic oxidation sites excluding steroid dienone is 1. The predicted octanol–water partition coefficient (Wildman–Crippen LogP) is 3.61. The molecule has 1 nitrogen and oxygen atoms in total. The smallest absolute Gasteiger partial charge is 0.124 e. The van der Waals surface area contributed by atoms with Crippen LogP contribution < -0.4 is 5.73 Å². The van der Waals surface area contributed by atoms with Gasteiger partial charge in [0.25, 0.3) is 0 Å². The van der Waals surface area contributed by atoms with Gasteiger partial charge in [-0.2, -0.15) is 0 Å². The van der Waals surface area contributed by atoms with Crippen LogP contribution in [0.15, 0.2) is 35.2 Å². The van der Waals surface area contributed by atoms with Crippen molar-refractivity contribution in [2.24, 2.45) is 0 Å². The fourth-order valence-electron chi connectivity index (χ4n) is 1.65. The van der Waals surface area contributed by atoms with E-state index in [4.69, 9.17) is 5.73 Å². The summed E-state index contributed by atoms with van der Waals surface area (Å²) in [5.41, 5.74) is 6.46. The van der Waals surface area contributed by atoms with Gasteiger partial charge in [-0.05, 0) is 37.5 Å². The maximum atomic E-state index is 13.0. The number of nitrogens with two attached hydrogens (primary N) is 1. The molecular weight excluding hydrogens is 209 g/mol. The first kappa shape index (κ1) is 10.6. The summed E-state index contributed by atoms with van der Waals surface area (Å²) in [4.78, 5) is 0.853. The topological polar surface area (TPSA) is 26.0 Å². The van der Waals surface area contributed by atoms with Gasteiger partial charge >= 0.3 is 0 Å². The highest BCUT2D eigenvalue weighted by atomic mass is 32.2. The summed E-state index contributed by atoms with van der Waals surface area (Å²) in [7, 11) is 0. The first-order valence-electron chi connectivity index (χ1n) is 5.14. The zero-order valence-electron chi connectivity index (χ0n) is 8.45. The van der Waals surface area contributed by atoms with Crippen LogP contribution in [0.2, 0.25) is 0 Å². The molecule has 80 valence electrons. The van der Waals surface area contributed by atoms with Crippen LogP contribution in [-0.2, 0) is 0 Å². The maximum absolute atomic E-state index is 13.0. The van der Waals surface area contributed by atoms with Gasteiger partial charge in [-0.1, -0.05) is 12.2 Å². The van der Waals surface area contributed by atoms with Crippen molar-refractivity contribution in [1.29, 1.82) is 0 Å². The predicted molar refractivity (Wildman–Crippen MR) is 63.4 cm³/mol. The van der Waals surface area contributed by atoms with Crippen molar-refractivity contribution in [3.63, 3.8) is 0 Å². The Morgan fingerprint density at radius 3 is 3.00 bits per heavy atom. The summed E-state index contributed by atoms with van der Waals surface area (Å²) in [6, 6.07) is 4.54. The second kappa shape index (κ2) is 4.71. The van der Waals surface area contributed by atoms with E-state index >= 15 is 0 Å². The summed E-state index contributed by atoms with van der Waals surface area (Å²) >= 11 is 1.65. The molecule has 1 aromatic carbocycles. The molecule has 15 heavy (non-hydrogen) atoms. The Hall–Kier alpha value is -0.960. The van der Waals surface area contributed by atoms with Gasteiger partial charge in [0.05, 0.1) is 0 Å². The minimum Gasteiger partial charge on any atom is -0.398 e. The van der Waals surface area contributed by atoms with E-state index in [1.807, 2.05) is 0 Å². The summed E-state index contributed by atoms with van der Waals surface area (Å²) in [6.07, 6.45) is 7.91. The van der Waals surface area contributed by atoms with Gasteiger partial charge in [-0.15, -0.1) is 11.8 Å². The minimum absolute atomic E-state index is 0.216. The van der Waals surface area contributed by atoms with Crippen molar-refractivity contribution in [3.05, 3.63) is 36.2 Å². The van der Waals surface area contributed by atoms with Gasteiger partial charge in [-0.3, -0.25) is 0 Å². The molecule has 1 atom stereocenters. The van der Waals surface area contributed by atoms with Crippen LogP contribution >= 0.6 is 11.8 Å². The van der Waals surface area contributed by atoms with Gasteiger partial charge in [-0.25, -0.2) is 4.39 Å². The Bertz CT molecular complexity index is 376. The Balaban J connectivity index is 2.12. The van der Waals surface area contributed by atoms with Crippen LogP contribution in [0.25, 0.3) is 0 Å². The maximum Gasteiger partial charge on any atom is 0.124 e. The molecule has 0 saturated heterocycles. The third-order valence-electron chi connectivity index (χ3n) is 2.46. The van der Waals surface area contributed by atoms with Crippen LogP contribution in [0.5, 0.6) is 0 Å². The monoisotopic (exact) mass is 223 g/mol. The lowest BCUT2D eigenvalue weighted by Gasteiger charge is -2.16. The van der Waals surface area contributed by atoms with E-state index < -0.39 is 0 Å². The van der Waals surface area contributed by atoms with Crippen LogP contribution in [-0.4, -0.2) is 5.25 Å². The van der Waals surface area contributed by atoms with Gasteiger partial charge in [0.2, 0.25) is 0 Å². The lowest BCUT2D eigenvalue weighted by Crippen LogP contribution is -2.03. The van der Waals surface area contributed by atoms with E-state index in [-0.39, 0.29) is 5.82 Å². The molecule has 3 heteroatoms. The molecule has 0 aromatic heterocycles. The van der Waals surface area contributed by atoms with E-state index in [0.717, 1.165) is 17.7 Å². The molecule has 0 fully saturated rings. The van der Waals surface area contributed by atoms with Gasteiger partial charge in [0.15, 0.2) is 0 Å². The van der Waals surface area contributed by atoms with Crippen molar-refractivity contribution < 1.29 is 4.39 Å². The molecule has 0 saturated carbocycles. The second-order valence-electron chi connectivity index (χ2n) is 3.70. The Morgan fingerprint density at radius 1 is 1.40 bits per heavy atom. The number of nitrogen functional groups attached to an aromatic ring is 1. The summed E-state index contributed by atoms with van der Waals surface area (Å²) < 4.78 is 13.0. The lowest BCUT2D eigenvalue weighted by atomic mass is 10.1. The van der Waals surface area contributed by atoms with E-state index in [0.29, 0.717) is 10.9 Å². The number of anilines is 1. The van der Waals surface area contributed by atoms with Crippen molar-refractivity contribution in [1.82, 2.24) is 0 Å². The Kier molecular flexibility index (Phi) is 3.31. The van der Waals surface area contributed by atoms with E-state index in [2.05, 4.69) is 12.2 Å². The molecule has 0 aliphatic heterocycles. The van der Waals surface area contributed by atoms with E-state index in [9.17, 15) is 4.39 Å². The number of hydrogen-bond donors (Lipinski definition) is 1. The molecule has 1 aliphatic carbocycles. The molecule has 1 aromatic rings. The molecule has 2 N–H and O–H groups in total. The molecular formula is C12H14FNS. The van der Waals surface area contributed by atoms with Crippen LogP contribution in [0, 0.1) is 5.82 Å². The van der Waals surface area contributed by atoms with Crippen molar-refractivity contribution in [2.75, 3.05) is 5.73 Å². The van der Waals surface area contributed by atoms with Crippen LogP contribution in [0.1, 0.15) is 19.3 Å². The summed E-state index contributed by atoms with van der Waals surface area (Å²) in [5, 5.41) is 0.447. The fourth-order valence-corrected chi connectivity index (χ4v) is 2.84. The van der Waals surface area contributed by atoms with Gasteiger partial charge in [0, 0.05) is 15.8 Å². The largest absolute Gasteiger partial charge is 0.398 e. The van der Waals surface area contributed by atoms with Crippen molar-refractivity contribution in [3.8, 4) is 0 Å². The molecule has 0 spiro atoms. The third kappa shape index (κ3) is 2.75. The molecule has 0 radical (unpaired) electrons. The zero-order valence-corrected chi connectivity index (χ0v) is 9.27. The number of benzene rings is 1. The van der Waals surface area contributed by atoms with Crippen LogP contribution in [0.4, 0.5) is 10.1 Å². The number of rotatable bonds is 2. The molecule has 1 aliphatic rings. The molecule has 0 amide bonds. The summed E-state index contributed by atoms with van der Waals surface area (Å²) in [6.45, 7) is 0. The molecule has 1 unspecified atom stereocenters. The quantitative estimate of drug-likeness (QED) is 0.612. The highest BCUT2D eigenvalue weighted by Crippen LogP contribution is 2.33. The zero-order chi connectivity index (χ0) is 10.7. The third-order valence-corrected chi connectivity index (χ3v) is 3.77. The van der Waals surface area contributed by atoms with Gasteiger partial charge < -0.3 is 5.73 Å². The first-order valence-corrected chi connectivity index (χ1v) is 6.02. The van der Waals surface area contributed by atoms with E-state index in [1.165, 1.54) is 18.6 Å². The number of halogens is 1. The lowest BCUT2D eigenvalue weighted by molar-refractivity contribution is 0.624. The van der Waals surface area contributed by atoms with Crippen molar-refractivity contribution >= 4 is 17.4 Å². The average Bonchev–Trinajstić information content (AvgIpc) is 2.25. The first-order chi connectivity index (χ1) is 7.25. The van der Waals surface area contributed by atoms with Crippen LogP contribution in [0.3, 0.4) is 0 Å². The standard InChI is InChI=1S/C12H14FNS/c13-9-6-7-11(14)12(8-9)15-10-4-2-1-3-5-10/h2,4,6-8,10H,1,3,5,14H2. The molecule has 2 rings (SSSR count). The number of thioether (sulfide) groups is 1.